The summed E-state index contributed by atoms with van der Waals surface area (Å²) < 4.78 is 11.0. The highest BCUT2D eigenvalue weighted by Gasteiger charge is 2.25. The van der Waals surface area contributed by atoms with Gasteiger partial charge in [0.2, 0.25) is 0 Å². The topological polar surface area (TPSA) is 47.0 Å². The summed E-state index contributed by atoms with van der Waals surface area (Å²) in [6.07, 6.45) is 1.88. The molecule has 0 radical (unpaired) electrons. The van der Waals surface area contributed by atoms with Crippen LogP contribution in [-0.2, 0) is 11.3 Å². The van der Waals surface area contributed by atoms with Crippen molar-refractivity contribution in [3.63, 3.8) is 0 Å². The number of hydrogen-bond acceptors (Lipinski definition) is 5. The first-order chi connectivity index (χ1) is 14.3. The van der Waals surface area contributed by atoms with Crippen LogP contribution in [0.4, 0.5) is 5.69 Å². The molecule has 0 amide bonds. The van der Waals surface area contributed by atoms with E-state index in [1.54, 1.807) is 7.11 Å². The lowest BCUT2D eigenvalue weighted by molar-refractivity contribution is 0.122. The second kappa shape index (κ2) is 7.68. The Morgan fingerprint density at radius 1 is 0.931 bits per heavy atom. The van der Waals surface area contributed by atoms with Gasteiger partial charge >= 0.3 is 0 Å². The average molecular weight is 385 g/mol. The predicted molar refractivity (Wildman–Crippen MR) is 115 cm³/mol. The van der Waals surface area contributed by atoms with E-state index in [0.717, 1.165) is 60.1 Å². The molecule has 1 saturated heterocycles. The van der Waals surface area contributed by atoms with Gasteiger partial charge in [0.15, 0.2) is 0 Å². The highest BCUT2D eigenvalue weighted by molar-refractivity contribution is 6.19. The molecule has 5 rings (SSSR count). The van der Waals surface area contributed by atoms with Crippen LogP contribution in [0.2, 0.25) is 0 Å². The number of aliphatic imine (C=N–C) groups is 1. The molecular formula is C24H23N3O2. The summed E-state index contributed by atoms with van der Waals surface area (Å²) in [6.45, 7) is 4.06. The van der Waals surface area contributed by atoms with Crippen LogP contribution in [0.25, 0.3) is 11.1 Å². The van der Waals surface area contributed by atoms with Crippen LogP contribution in [0.3, 0.4) is 0 Å². The van der Waals surface area contributed by atoms with Crippen LogP contribution in [0.5, 0.6) is 5.75 Å². The molecule has 0 spiro atoms. The number of pyridine rings is 1. The molecule has 0 atom stereocenters. The summed E-state index contributed by atoms with van der Waals surface area (Å²) in [5.41, 5.74) is 7.65. The summed E-state index contributed by atoms with van der Waals surface area (Å²) in [5, 5.41) is 0. The largest absolute Gasteiger partial charge is 0.496 e. The number of hydrogen-bond donors (Lipinski definition) is 0. The van der Waals surface area contributed by atoms with Crippen LogP contribution in [0.1, 0.15) is 16.8 Å². The van der Waals surface area contributed by atoms with Crippen molar-refractivity contribution < 1.29 is 9.47 Å². The molecule has 5 heteroatoms. The van der Waals surface area contributed by atoms with E-state index < -0.39 is 0 Å². The lowest BCUT2D eigenvalue weighted by Gasteiger charge is -2.29. The Labute approximate surface area is 170 Å². The molecule has 3 aromatic rings. The summed E-state index contributed by atoms with van der Waals surface area (Å²) in [6, 6.07) is 18.9. The molecule has 5 nitrogen and oxygen atoms in total. The normalized spacial score (nSPS) is 15.8. The Bertz CT molecular complexity index is 1050. The fourth-order valence-electron chi connectivity index (χ4n) is 4.10. The number of morpholine rings is 1. The number of para-hydroxylation sites is 1. The molecule has 0 unspecified atom stereocenters. The van der Waals surface area contributed by atoms with Crippen molar-refractivity contribution in [2.45, 2.75) is 6.54 Å². The van der Waals surface area contributed by atoms with Gasteiger partial charge in [-0.3, -0.25) is 9.98 Å². The summed E-state index contributed by atoms with van der Waals surface area (Å²) in [5.74, 6) is 0.830. The molecule has 0 N–H and O–H groups in total. The molecule has 29 heavy (non-hydrogen) atoms. The average Bonchev–Trinajstić information content (AvgIpc) is 3.24. The number of methoxy groups -OCH3 is 1. The van der Waals surface area contributed by atoms with E-state index in [1.165, 1.54) is 11.3 Å². The van der Waals surface area contributed by atoms with Gasteiger partial charge < -0.3 is 14.4 Å². The highest BCUT2D eigenvalue weighted by Crippen LogP contribution is 2.34. The van der Waals surface area contributed by atoms with Gasteiger partial charge in [-0.15, -0.1) is 0 Å². The van der Waals surface area contributed by atoms with Crippen molar-refractivity contribution in [3.8, 4) is 16.9 Å². The van der Waals surface area contributed by atoms with E-state index in [0.29, 0.717) is 6.54 Å². The molecule has 0 aliphatic carbocycles. The molecule has 146 valence electrons. The predicted octanol–water partition coefficient (Wildman–Crippen LogP) is 3.94. The minimum absolute atomic E-state index is 0.600. The zero-order chi connectivity index (χ0) is 19.6. The second-order valence-electron chi connectivity index (χ2n) is 7.19. The fourth-order valence-corrected chi connectivity index (χ4v) is 4.10. The van der Waals surface area contributed by atoms with Crippen molar-refractivity contribution in [2.75, 3.05) is 38.3 Å². The van der Waals surface area contributed by atoms with Crippen molar-refractivity contribution in [1.29, 1.82) is 0 Å². The third-order valence-electron chi connectivity index (χ3n) is 5.57. The minimum atomic E-state index is 0.600. The maximum Gasteiger partial charge on any atom is 0.128 e. The smallest absolute Gasteiger partial charge is 0.128 e. The number of benzene rings is 2. The first-order valence-electron chi connectivity index (χ1n) is 9.94. The number of aromatic nitrogens is 1. The van der Waals surface area contributed by atoms with Gasteiger partial charge in [0.25, 0.3) is 0 Å². The summed E-state index contributed by atoms with van der Waals surface area (Å²) >= 11 is 0. The molecular weight excluding hydrogens is 362 g/mol. The van der Waals surface area contributed by atoms with Crippen LogP contribution >= 0.6 is 0 Å². The van der Waals surface area contributed by atoms with E-state index in [9.17, 15) is 0 Å². The number of nitrogens with zero attached hydrogens (tertiary/aromatic N) is 3. The minimum Gasteiger partial charge on any atom is -0.496 e. The van der Waals surface area contributed by atoms with Crippen molar-refractivity contribution in [2.24, 2.45) is 4.99 Å². The van der Waals surface area contributed by atoms with Gasteiger partial charge in [-0.25, -0.2) is 0 Å². The Kier molecular flexibility index (Phi) is 4.74. The number of anilines is 1. The zero-order valence-corrected chi connectivity index (χ0v) is 16.5. The summed E-state index contributed by atoms with van der Waals surface area (Å²) in [7, 11) is 1.70. The molecule has 0 bridgehead atoms. The standard InChI is InChI=1S/C24H23N3O2/c1-28-22-5-3-2-4-20(22)24-23-19(10-11-25-21(23)16-26-24)17-6-8-18(9-7-17)27-12-14-29-15-13-27/h2-11H,12-16H2,1H3. The van der Waals surface area contributed by atoms with E-state index in [4.69, 9.17) is 14.5 Å². The Morgan fingerprint density at radius 2 is 1.72 bits per heavy atom. The maximum atomic E-state index is 5.58. The molecule has 0 saturated carbocycles. The van der Waals surface area contributed by atoms with Gasteiger partial charge in [0, 0.05) is 36.1 Å². The zero-order valence-electron chi connectivity index (χ0n) is 16.5. The first-order valence-corrected chi connectivity index (χ1v) is 9.94. The van der Waals surface area contributed by atoms with Gasteiger partial charge in [-0.2, -0.15) is 0 Å². The third kappa shape index (κ3) is 3.28. The lowest BCUT2D eigenvalue weighted by atomic mass is 9.93. The SMILES string of the molecule is COc1ccccc1C1=NCc2nccc(-c3ccc(N4CCOCC4)cc3)c21. The molecule has 1 aromatic heterocycles. The lowest BCUT2D eigenvalue weighted by Crippen LogP contribution is -2.36. The van der Waals surface area contributed by atoms with Crippen LogP contribution in [0.15, 0.2) is 65.8 Å². The van der Waals surface area contributed by atoms with Gasteiger partial charge in [0.05, 0.1) is 38.3 Å². The van der Waals surface area contributed by atoms with Crippen LogP contribution < -0.4 is 9.64 Å². The quantitative estimate of drug-likeness (QED) is 0.682. The van der Waals surface area contributed by atoms with E-state index in [1.807, 2.05) is 24.4 Å². The van der Waals surface area contributed by atoms with Crippen molar-refractivity contribution in [3.05, 3.63) is 77.6 Å². The molecule has 1 fully saturated rings. The van der Waals surface area contributed by atoms with Gasteiger partial charge in [-0.05, 0) is 41.5 Å². The second-order valence-corrected chi connectivity index (χ2v) is 7.19. The van der Waals surface area contributed by atoms with Crippen molar-refractivity contribution in [1.82, 2.24) is 4.98 Å². The molecule has 3 heterocycles. The third-order valence-corrected chi connectivity index (χ3v) is 5.57. The Morgan fingerprint density at radius 3 is 2.52 bits per heavy atom. The van der Waals surface area contributed by atoms with E-state index >= 15 is 0 Å². The number of rotatable bonds is 4. The van der Waals surface area contributed by atoms with E-state index in [2.05, 4.69) is 46.3 Å². The van der Waals surface area contributed by atoms with Crippen LogP contribution in [0, 0.1) is 0 Å². The van der Waals surface area contributed by atoms with Crippen molar-refractivity contribution >= 4 is 11.4 Å². The Balaban J connectivity index is 1.53. The fraction of sp³-hybridized carbons (Fsp3) is 0.250. The monoisotopic (exact) mass is 385 g/mol. The molecule has 2 aliphatic heterocycles. The maximum absolute atomic E-state index is 5.58. The summed E-state index contributed by atoms with van der Waals surface area (Å²) in [4.78, 5) is 11.8. The van der Waals surface area contributed by atoms with Gasteiger partial charge in [-0.1, -0.05) is 24.3 Å². The number of ether oxygens (including phenoxy) is 2. The number of fused-ring (bicyclic) bond motifs is 1. The Hall–Kier alpha value is -3.18. The highest BCUT2D eigenvalue weighted by atomic mass is 16.5. The molecule has 2 aliphatic rings. The van der Waals surface area contributed by atoms with Gasteiger partial charge in [0.1, 0.15) is 5.75 Å². The first kappa shape index (κ1) is 17.9. The van der Waals surface area contributed by atoms with Crippen LogP contribution in [-0.4, -0.2) is 44.1 Å². The van der Waals surface area contributed by atoms with E-state index in [-0.39, 0.29) is 0 Å². The molecule has 2 aromatic carbocycles.